The Bertz CT molecular complexity index is 343. The Morgan fingerprint density at radius 2 is 2.50 bits per heavy atom. The number of halogens is 1. The number of anilines is 1. The summed E-state index contributed by atoms with van der Waals surface area (Å²) in [5.41, 5.74) is 0. The van der Waals surface area contributed by atoms with Crippen LogP contribution in [0.15, 0.2) is 6.20 Å². The maximum Gasteiger partial charge on any atom is 0.244 e. The fourth-order valence-corrected chi connectivity index (χ4v) is 1.98. The standard InChI is InChI=1S/C10H15ClN4O/c1-2-15(7-8-4-3-5-16-8)9-6-12-14-10(11)13-9/h6,8H,2-5,7H2,1H3. The molecule has 5 nitrogen and oxygen atoms in total. The summed E-state index contributed by atoms with van der Waals surface area (Å²) >= 11 is 5.72. The Hall–Kier alpha value is -0.940. The van der Waals surface area contributed by atoms with E-state index in [1.54, 1.807) is 6.20 Å². The summed E-state index contributed by atoms with van der Waals surface area (Å²) in [5.74, 6) is 0.762. The number of rotatable bonds is 4. The first-order valence-corrected chi connectivity index (χ1v) is 5.89. The van der Waals surface area contributed by atoms with Crippen LogP contribution in [0, 0.1) is 0 Å². The lowest BCUT2D eigenvalue weighted by molar-refractivity contribution is 0.115. The molecule has 0 aliphatic carbocycles. The minimum absolute atomic E-state index is 0.184. The van der Waals surface area contributed by atoms with Crippen molar-refractivity contribution in [3.63, 3.8) is 0 Å². The molecular weight excluding hydrogens is 228 g/mol. The minimum atomic E-state index is 0.184. The summed E-state index contributed by atoms with van der Waals surface area (Å²) in [5, 5.41) is 7.62. The molecule has 0 bridgehead atoms. The van der Waals surface area contributed by atoms with Gasteiger partial charge in [-0.3, -0.25) is 0 Å². The van der Waals surface area contributed by atoms with Crippen LogP contribution in [-0.2, 0) is 4.74 Å². The van der Waals surface area contributed by atoms with Crippen LogP contribution in [0.25, 0.3) is 0 Å². The third-order valence-electron chi connectivity index (χ3n) is 2.67. The van der Waals surface area contributed by atoms with Gasteiger partial charge in [-0.05, 0) is 31.4 Å². The molecule has 16 heavy (non-hydrogen) atoms. The lowest BCUT2D eigenvalue weighted by atomic mass is 10.2. The molecule has 0 saturated carbocycles. The topological polar surface area (TPSA) is 51.1 Å². The van der Waals surface area contributed by atoms with Gasteiger partial charge in [-0.2, -0.15) is 10.1 Å². The zero-order valence-corrected chi connectivity index (χ0v) is 10.0. The smallest absolute Gasteiger partial charge is 0.244 e. The predicted molar refractivity (Wildman–Crippen MR) is 61.7 cm³/mol. The number of aromatic nitrogens is 3. The van der Waals surface area contributed by atoms with Crippen LogP contribution < -0.4 is 4.90 Å². The largest absolute Gasteiger partial charge is 0.376 e. The second-order valence-electron chi connectivity index (χ2n) is 3.76. The summed E-state index contributed by atoms with van der Waals surface area (Å²) in [6, 6.07) is 0. The van der Waals surface area contributed by atoms with Crippen LogP contribution in [0.4, 0.5) is 5.82 Å². The molecule has 1 fully saturated rings. The molecule has 1 saturated heterocycles. The van der Waals surface area contributed by atoms with Gasteiger partial charge >= 0.3 is 0 Å². The van der Waals surface area contributed by atoms with Gasteiger partial charge in [0.15, 0.2) is 5.82 Å². The normalized spacial score (nSPS) is 20.0. The van der Waals surface area contributed by atoms with E-state index in [-0.39, 0.29) is 5.28 Å². The van der Waals surface area contributed by atoms with Gasteiger partial charge in [0, 0.05) is 19.7 Å². The average Bonchev–Trinajstić information content (AvgIpc) is 2.78. The second-order valence-corrected chi connectivity index (χ2v) is 4.10. The Kier molecular flexibility index (Phi) is 3.90. The first-order valence-electron chi connectivity index (χ1n) is 5.51. The highest BCUT2D eigenvalue weighted by Gasteiger charge is 2.19. The van der Waals surface area contributed by atoms with E-state index in [4.69, 9.17) is 16.3 Å². The Morgan fingerprint density at radius 1 is 1.62 bits per heavy atom. The van der Waals surface area contributed by atoms with Crippen molar-refractivity contribution in [3.8, 4) is 0 Å². The second kappa shape index (κ2) is 5.41. The first kappa shape index (κ1) is 11.5. The number of ether oxygens (including phenoxy) is 1. The van der Waals surface area contributed by atoms with Gasteiger partial charge in [0.05, 0.1) is 12.3 Å². The van der Waals surface area contributed by atoms with E-state index in [2.05, 4.69) is 27.0 Å². The van der Waals surface area contributed by atoms with Gasteiger partial charge in [0.25, 0.3) is 0 Å². The van der Waals surface area contributed by atoms with Gasteiger partial charge in [-0.1, -0.05) is 0 Å². The van der Waals surface area contributed by atoms with Crippen molar-refractivity contribution in [2.45, 2.75) is 25.9 Å². The molecule has 0 amide bonds. The van der Waals surface area contributed by atoms with E-state index >= 15 is 0 Å². The van der Waals surface area contributed by atoms with E-state index in [1.165, 1.54) is 0 Å². The third kappa shape index (κ3) is 2.80. The van der Waals surface area contributed by atoms with Crippen molar-refractivity contribution in [2.75, 3.05) is 24.6 Å². The molecule has 1 aliphatic heterocycles. The maximum absolute atomic E-state index is 5.72. The zero-order chi connectivity index (χ0) is 11.4. The molecule has 1 aliphatic rings. The zero-order valence-electron chi connectivity index (χ0n) is 9.27. The van der Waals surface area contributed by atoms with Crippen LogP contribution in [0.5, 0.6) is 0 Å². The van der Waals surface area contributed by atoms with Crippen LogP contribution in [0.3, 0.4) is 0 Å². The molecule has 88 valence electrons. The fourth-order valence-electron chi connectivity index (χ4n) is 1.85. The highest BCUT2D eigenvalue weighted by atomic mass is 35.5. The lowest BCUT2D eigenvalue weighted by Gasteiger charge is -2.24. The summed E-state index contributed by atoms with van der Waals surface area (Å²) in [7, 11) is 0. The molecule has 1 atom stereocenters. The Balaban J connectivity index is 2.03. The molecular formula is C10H15ClN4O. The molecule has 0 spiro atoms. The number of hydrogen-bond donors (Lipinski definition) is 0. The maximum atomic E-state index is 5.72. The van der Waals surface area contributed by atoms with Crippen LogP contribution in [0.1, 0.15) is 19.8 Å². The summed E-state index contributed by atoms with van der Waals surface area (Å²) < 4.78 is 5.60. The van der Waals surface area contributed by atoms with E-state index in [9.17, 15) is 0 Å². The highest BCUT2D eigenvalue weighted by molar-refractivity contribution is 6.28. The van der Waals surface area contributed by atoms with Crippen LogP contribution >= 0.6 is 11.6 Å². The van der Waals surface area contributed by atoms with Gasteiger partial charge < -0.3 is 9.64 Å². The van der Waals surface area contributed by atoms with Gasteiger partial charge in [0.1, 0.15) is 0 Å². The number of likely N-dealkylation sites (N-methyl/N-ethyl adjacent to an activating group) is 1. The van der Waals surface area contributed by atoms with Crippen LogP contribution in [0.2, 0.25) is 5.28 Å². The van der Waals surface area contributed by atoms with Gasteiger partial charge in [-0.15, -0.1) is 5.10 Å². The lowest BCUT2D eigenvalue weighted by Crippen LogP contribution is -2.32. The van der Waals surface area contributed by atoms with Crippen molar-refractivity contribution in [2.24, 2.45) is 0 Å². The minimum Gasteiger partial charge on any atom is -0.376 e. The predicted octanol–water partition coefficient (Wildman–Crippen LogP) is 1.53. The molecule has 0 N–H and O–H groups in total. The Morgan fingerprint density at radius 3 is 3.12 bits per heavy atom. The van der Waals surface area contributed by atoms with Crippen molar-refractivity contribution >= 4 is 17.4 Å². The quantitative estimate of drug-likeness (QED) is 0.802. The molecule has 0 radical (unpaired) electrons. The molecule has 1 unspecified atom stereocenters. The SMILES string of the molecule is CCN(CC1CCCO1)c1cnnc(Cl)n1. The van der Waals surface area contributed by atoms with Crippen molar-refractivity contribution < 1.29 is 4.74 Å². The van der Waals surface area contributed by atoms with E-state index in [1.807, 2.05) is 0 Å². The monoisotopic (exact) mass is 242 g/mol. The number of nitrogens with zero attached hydrogens (tertiary/aromatic N) is 4. The van der Waals surface area contributed by atoms with E-state index in [0.717, 1.165) is 38.4 Å². The van der Waals surface area contributed by atoms with Crippen molar-refractivity contribution in [1.29, 1.82) is 0 Å². The third-order valence-corrected chi connectivity index (χ3v) is 2.83. The molecule has 1 aromatic heterocycles. The molecule has 2 heterocycles. The summed E-state index contributed by atoms with van der Waals surface area (Å²) in [6.45, 7) is 4.64. The molecule has 0 aromatic carbocycles. The molecule has 6 heteroatoms. The van der Waals surface area contributed by atoms with Crippen molar-refractivity contribution in [3.05, 3.63) is 11.5 Å². The summed E-state index contributed by atoms with van der Waals surface area (Å²) in [4.78, 5) is 6.26. The van der Waals surface area contributed by atoms with Gasteiger partial charge in [0.2, 0.25) is 5.28 Å². The van der Waals surface area contributed by atoms with E-state index in [0.29, 0.717) is 6.10 Å². The van der Waals surface area contributed by atoms with Crippen LogP contribution in [-0.4, -0.2) is 41.0 Å². The fraction of sp³-hybridized carbons (Fsp3) is 0.700. The summed E-state index contributed by atoms with van der Waals surface area (Å²) in [6.07, 6.45) is 4.19. The molecule has 1 aromatic rings. The molecule has 2 rings (SSSR count). The Labute approximate surface area is 99.8 Å². The number of hydrogen-bond acceptors (Lipinski definition) is 5. The average molecular weight is 243 g/mol. The van der Waals surface area contributed by atoms with Gasteiger partial charge in [-0.25, -0.2) is 0 Å². The van der Waals surface area contributed by atoms with E-state index < -0.39 is 0 Å². The van der Waals surface area contributed by atoms with Crippen molar-refractivity contribution in [1.82, 2.24) is 15.2 Å². The first-order chi connectivity index (χ1) is 7.79. The highest BCUT2D eigenvalue weighted by Crippen LogP contribution is 2.17.